The summed E-state index contributed by atoms with van der Waals surface area (Å²) in [6.45, 7) is 0.388. The van der Waals surface area contributed by atoms with E-state index in [0.29, 0.717) is 29.0 Å². The molecule has 1 fully saturated rings. The monoisotopic (exact) mass is 433 g/mol. The van der Waals surface area contributed by atoms with Crippen LogP contribution in [0.1, 0.15) is 36.2 Å². The highest BCUT2D eigenvalue weighted by atomic mass is 79.9. The van der Waals surface area contributed by atoms with E-state index >= 15 is 0 Å². The third-order valence-electron chi connectivity index (χ3n) is 4.79. The maximum atomic E-state index is 12.3. The number of piperidine rings is 1. The summed E-state index contributed by atoms with van der Waals surface area (Å²) in [4.78, 5) is 32.9. The number of benzene rings is 1. The van der Waals surface area contributed by atoms with Crippen LogP contribution in [0.4, 0.5) is 4.79 Å². The molecule has 0 aliphatic carbocycles. The molecule has 3 heterocycles. The van der Waals surface area contributed by atoms with Crippen LogP contribution in [0.5, 0.6) is 0 Å². The van der Waals surface area contributed by atoms with Gasteiger partial charge in [0.25, 0.3) is 5.56 Å². The first kappa shape index (κ1) is 17.2. The average molecular weight is 434 g/mol. The summed E-state index contributed by atoms with van der Waals surface area (Å²) < 4.78 is 1.37. The van der Waals surface area contributed by atoms with E-state index in [2.05, 4.69) is 25.9 Å². The Balaban J connectivity index is 1.68. The number of carboxylic acid groups (broad SMARTS) is 1. The molecule has 6 nitrogen and oxygen atoms in total. The standard InChI is InChI=1S/C18H16BrN3O3S/c19-14-8-12-15(26-14)17(23)21-16(20-12)13-7-6-11(9-22(13)18(24)25)10-4-2-1-3-5-10/h1-5,8,11,13H,6-7,9H2,(H,24,25)(H,20,21,23). The number of aromatic nitrogens is 2. The zero-order valence-electron chi connectivity index (χ0n) is 13.7. The number of thiophene rings is 1. The summed E-state index contributed by atoms with van der Waals surface area (Å²) in [5.74, 6) is 0.566. The second-order valence-electron chi connectivity index (χ2n) is 6.35. The van der Waals surface area contributed by atoms with E-state index in [1.54, 1.807) is 6.07 Å². The zero-order chi connectivity index (χ0) is 18.3. The fourth-order valence-corrected chi connectivity index (χ4v) is 4.97. The van der Waals surface area contributed by atoms with Crippen LogP contribution < -0.4 is 5.56 Å². The number of aromatic amines is 1. The van der Waals surface area contributed by atoms with Gasteiger partial charge in [0.1, 0.15) is 10.5 Å². The van der Waals surface area contributed by atoms with Crippen LogP contribution in [-0.2, 0) is 0 Å². The Morgan fingerprint density at radius 2 is 2.08 bits per heavy atom. The summed E-state index contributed by atoms with van der Waals surface area (Å²) in [6.07, 6.45) is 0.462. The highest BCUT2D eigenvalue weighted by molar-refractivity contribution is 9.11. The Kier molecular flexibility index (Phi) is 4.54. The lowest BCUT2D eigenvalue weighted by Crippen LogP contribution is -2.41. The lowest BCUT2D eigenvalue weighted by molar-refractivity contribution is 0.0963. The van der Waals surface area contributed by atoms with Gasteiger partial charge in [0.05, 0.1) is 15.3 Å². The third kappa shape index (κ3) is 3.14. The molecule has 2 N–H and O–H groups in total. The van der Waals surface area contributed by atoms with E-state index < -0.39 is 12.1 Å². The molecule has 3 aromatic rings. The number of nitrogens with zero attached hydrogens (tertiary/aromatic N) is 2. The van der Waals surface area contributed by atoms with Crippen molar-refractivity contribution in [2.45, 2.75) is 24.8 Å². The lowest BCUT2D eigenvalue weighted by Gasteiger charge is -2.37. The fraction of sp³-hybridized carbons (Fsp3) is 0.278. The smallest absolute Gasteiger partial charge is 0.407 e. The first-order valence-corrected chi connectivity index (χ1v) is 9.87. The van der Waals surface area contributed by atoms with Gasteiger partial charge in [-0.25, -0.2) is 9.78 Å². The Hall–Kier alpha value is -2.19. The van der Waals surface area contributed by atoms with Crippen molar-refractivity contribution in [1.29, 1.82) is 0 Å². The van der Waals surface area contributed by atoms with Crippen LogP contribution in [-0.4, -0.2) is 32.6 Å². The first-order valence-electron chi connectivity index (χ1n) is 8.26. The van der Waals surface area contributed by atoms with Crippen LogP contribution in [0, 0.1) is 0 Å². The number of nitrogens with one attached hydrogen (secondary N) is 1. The molecule has 0 radical (unpaired) electrons. The minimum absolute atomic E-state index is 0.147. The molecule has 2 atom stereocenters. The summed E-state index contributed by atoms with van der Waals surface area (Å²) in [5, 5.41) is 9.72. The number of rotatable bonds is 2. The number of hydrogen-bond donors (Lipinski definition) is 2. The van der Waals surface area contributed by atoms with Gasteiger partial charge in [-0.2, -0.15) is 0 Å². The van der Waals surface area contributed by atoms with Crippen molar-refractivity contribution in [2.24, 2.45) is 0 Å². The number of amides is 1. The van der Waals surface area contributed by atoms with Crippen molar-refractivity contribution in [3.05, 3.63) is 61.9 Å². The molecular formula is C18H16BrN3O3S. The van der Waals surface area contributed by atoms with E-state index in [1.165, 1.54) is 16.2 Å². The van der Waals surface area contributed by atoms with Crippen molar-refractivity contribution in [1.82, 2.24) is 14.9 Å². The molecule has 1 saturated heterocycles. The highest BCUT2D eigenvalue weighted by Gasteiger charge is 2.34. The molecule has 26 heavy (non-hydrogen) atoms. The number of H-pyrrole nitrogens is 1. The van der Waals surface area contributed by atoms with Crippen molar-refractivity contribution < 1.29 is 9.90 Å². The van der Waals surface area contributed by atoms with Gasteiger partial charge in [0.2, 0.25) is 0 Å². The highest BCUT2D eigenvalue weighted by Crippen LogP contribution is 2.37. The molecule has 0 spiro atoms. The number of halogens is 1. The Morgan fingerprint density at radius 3 is 2.81 bits per heavy atom. The Morgan fingerprint density at radius 1 is 1.31 bits per heavy atom. The Bertz CT molecular complexity index is 1020. The lowest BCUT2D eigenvalue weighted by atomic mass is 9.87. The van der Waals surface area contributed by atoms with Crippen LogP contribution in [0.15, 0.2) is 45.0 Å². The quantitative estimate of drug-likeness (QED) is 0.628. The summed E-state index contributed by atoms with van der Waals surface area (Å²) in [6, 6.07) is 11.3. The fourth-order valence-electron chi connectivity index (χ4n) is 3.55. The summed E-state index contributed by atoms with van der Waals surface area (Å²) in [7, 11) is 0. The molecule has 0 saturated carbocycles. The molecule has 2 aromatic heterocycles. The van der Waals surface area contributed by atoms with Crippen LogP contribution in [0.25, 0.3) is 10.2 Å². The largest absolute Gasteiger partial charge is 0.465 e. The maximum Gasteiger partial charge on any atom is 0.407 e. The van der Waals surface area contributed by atoms with E-state index in [1.807, 2.05) is 30.3 Å². The molecule has 0 bridgehead atoms. The molecule has 8 heteroatoms. The normalized spacial score (nSPS) is 20.4. The van der Waals surface area contributed by atoms with Crippen molar-refractivity contribution in [3.63, 3.8) is 0 Å². The van der Waals surface area contributed by atoms with Crippen LogP contribution in [0.3, 0.4) is 0 Å². The van der Waals surface area contributed by atoms with Crippen molar-refractivity contribution >= 4 is 43.6 Å². The zero-order valence-corrected chi connectivity index (χ0v) is 16.1. The molecule has 1 amide bonds. The van der Waals surface area contributed by atoms with Crippen LogP contribution >= 0.6 is 27.3 Å². The second-order valence-corrected chi connectivity index (χ2v) is 8.78. The van der Waals surface area contributed by atoms with Gasteiger partial charge in [-0.15, -0.1) is 11.3 Å². The van der Waals surface area contributed by atoms with Gasteiger partial charge in [-0.3, -0.25) is 9.69 Å². The molecule has 134 valence electrons. The molecule has 1 aliphatic rings. The molecular weight excluding hydrogens is 418 g/mol. The van der Waals surface area contributed by atoms with Gasteiger partial charge < -0.3 is 10.1 Å². The topological polar surface area (TPSA) is 86.3 Å². The molecule has 2 unspecified atom stereocenters. The average Bonchev–Trinajstić information content (AvgIpc) is 3.03. The minimum atomic E-state index is -0.995. The summed E-state index contributed by atoms with van der Waals surface area (Å²) in [5.41, 5.74) is 1.50. The van der Waals surface area contributed by atoms with Crippen LogP contribution in [0.2, 0.25) is 0 Å². The SMILES string of the molecule is O=C(O)N1CC(c2ccccc2)CCC1c1nc2cc(Br)sc2c(=O)[nH]1. The first-order chi connectivity index (χ1) is 12.5. The van der Waals surface area contributed by atoms with E-state index in [0.717, 1.165) is 15.8 Å². The van der Waals surface area contributed by atoms with E-state index in [-0.39, 0.29) is 11.5 Å². The van der Waals surface area contributed by atoms with Gasteiger partial charge in [0, 0.05) is 12.5 Å². The van der Waals surface area contributed by atoms with Gasteiger partial charge in [0.15, 0.2) is 0 Å². The molecule has 1 aliphatic heterocycles. The number of hydrogen-bond acceptors (Lipinski definition) is 4. The second kappa shape index (κ2) is 6.85. The van der Waals surface area contributed by atoms with Crippen molar-refractivity contribution in [2.75, 3.05) is 6.54 Å². The molecule has 4 rings (SSSR count). The number of likely N-dealkylation sites (tertiary alicyclic amines) is 1. The van der Waals surface area contributed by atoms with Crippen molar-refractivity contribution in [3.8, 4) is 0 Å². The van der Waals surface area contributed by atoms with E-state index in [4.69, 9.17) is 0 Å². The minimum Gasteiger partial charge on any atom is -0.465 e. The van der Waals surface area contributed by atoms with Gasteiger partial charge in [-0.1, -0.05) is 30.3 Å². The van der Waals surface area contributed by atoms with Gasteiger partial charge >= 0.3 is 6.09 Å². The Labute approximate surface area is 161 Å². The predicted octanol–water partition coefficient (Wildman–Crippen LogP) is 4.35. The predicted molar refractivity (Wildman–Crippen MR) is 104 cm³/mol. The summed E-state index contributed by atoms with van der Waals surface area (Å²) >= 11 is 4.69. The maximum absolute atomic E-state index is 12.3. The third-order valence-corrected chi connectivity index (χ3v) is 6.41. The number of carbonyl (C=O) groups is 1. The van der Waals surface area contributed by atoms with E-state index in [9.17, 15) is 14.7 Å². The number of fused-ring (bicyclic) bond motifs is 1. The van der Waals surface area contributed by atoms with Gasteiger partial charge in [-0.05, 0) is 40.4 Å². The molecule has 1 aromatic carbocycles.